The minimum Gasteiger partial charge on any atom is -0.493 e. The molecule has 34 heavy (non-hydrogen) atoms. The molecule has 0 saturated carbocycles. The Morgan fingerprint density at radius 1 is 0.588 bits per heavy atom. The van der Waals surface area contributed by atoms with Crippen molar-refractivity contribution in [2.24, 2.45) is 10.2 Å². The second kappa shape index (κ2) is 12.5. The van der Waals surface area contributed by atoms with Crippen molar-refractivity contribution in [1.82, 2.24) is 10.9 Å². The van der Waals surface area contributed by atoms with Crippen LogP contribution in [0.2, 0.25) is 0 Å². The molecular formula is C22H26N4O8. The van der Waals surface area contributed by atoms with Crippen molar-refractivity contribution < 1.29 is 38.0 Å². The molecule has 0 radical (unpaired) electrons. The summed E-state index contributed by atoms with van der Waals surface area (Å²) in [4.78, 5) is 23.9. The summed E-state index contributed by atoms with van der Waals surface area (Å²) in [6.45, 7) is 0. The van der Waals surface area contributed by atoms with E-state index in [0.29, 0.717) is 45.6 Å². The quantitative estimate of drug-likeness (QED) is 0.299. The maximum absolute atomic E-state index is 12.0. The smallest absolute Gasteiger partial charge is 0.331 e. The van der Waals surface area contributed by atoms with Gasteiger partial charge < -0.3 is 28.4 Å². The van der Waals surface area contributed by atoms with Crippen LogP contribution in [0.25, 0.3) is 0 Å². The maximum Gasteiger partial charge on any atom is 0.331 e. The molecule has 0 atom stereocenters. The van der Waals surface area contributed by atoms with E-state index in [9.17, 15) is 9.59 Å². The van der Waals surface area contributed by atoms with Gasteiger partial charge in [-0.15, -0.1) is 0 Å². The van der Waals surface area contributed by atoms with Crippen LogP contribution in [-0.4, -0.2) is 66.9 Å². The summed E-state index contributed by atoms with van der Waals surface area (Å²) in [5, 5.41) is 7.53. The lowest BCUT2D eigenvalue weighted by Crippen LogP contribution is -2.35. The van der Waals surface area contributed by atoms with E-state index in [1.165, 1.54) is 55.1 Å². The number of ether oxygens (including phenoxy) is 6. The van der Waals surface area contributed by atoms with Crippen LogP contribution in [0.3, 0.4) is 0 Å². The average Bonchev–Trinajstić information content (AvgIpc) is 2.86. The first-order valence-corrected chi connectivity index (χ1v) is 9.68. The lowest BCUT2D eigenvalue weighted by atomic mass is 10.2. The molecule has 2 amide bonds. The second-order valence-electron chi connectivity index (χ2n) is 6.32. The van der Waals surface area contributed by atoms with E-state index in [2.05, 4.69) is 21.1 Å². The van der Waals surface area contributed by atoms with Gasteiger partial charge in [-0.05, 0) is 24.3 Å². The van der Waals surface area contributed by atoms with E-state index in [1.807, 2.05) is 0 Å². The maximum atomic E-state index is 12.0. The Morgan fingerprint density at radius 3 is 1.12 bits per heavy atom. The van der Waals surface area contributed by atoms with Gasteiger partial charge in [0, 0.05) is 11.1 Å². The number of amides is 2. The number of hydrogen-bond donors (Lipinski definition) is 2. The molecule has 0 saturated heterocycles. The second-order valence-corrected chi connectivity index (χ2v) is 6.32. The van der Waals surface area contributed by atoms with Crippen LogP contribution in [0.15, 0.2) is 34.5 Å². The fourth-order valence-electron chi connectivity index (χ4n) is 2.78. The van der Waals surface area contributed by atoms with Gasteiger partial charge in [0.25, 0.3) is 0 Å². The zero-order valence-electron chi connectivity index (χ0n) is 19.6. The topological polar surface area (TPSA) is 138 Å². The lowest BCUT2D eigenvalue weighted by molar-refractivity contribution is -0.139. The van der Waals surface area contributed by atoms with Gasteiger partial charge in [-0.1, -0.05) is 0 Å². The third-order valence-electron chi connectivity index (χ3n) is 4.34. The van der Waals surface area contributed by atoms with E-state index in [4.69, 9.17) is 28.4 Å². The largest absolute Gasteiger partial charge is 0.493 e. The third-order valence-corrected chi connectivity index (χ3v) is 4.34. The number of rotatable bonds is 10. The fraction of sp³-hybridized carbons (Fsp3) is 0.273. The number of carbonyl (C=O) groups is 2. The van der Waals surface area contributed by atoms with Crippen LogP contribution in [0.5, 0.6) is 34.5 Å². The van der Waals surface area contributed by atoms with Gasteiger partial charge in [0.2, 0.25) is 11.5 Å². The molecule has 0 aromatic heterocycles. The van der Waals surface area contributed by atoms with Gasteiger partial charge >= 0.3 is 11.8 Å². The van der Waals surface area contributed by atoms with Crippen molar-refractivity contribution in [3.63, 3.8) is 0 Å². The molecule has 182 valence electrons. The molecule has 0 aliphatic heterocycles. The zero-order chi connectivity index (χ0) is 25.1. The van der Waals surface area contributed by atoms with E-state index in [-0.39, 0.29) is 0 Å². The van der Waals surface area contributed by atoms with Crippen LogP contribution in [0, 0.1) is 0 Å². The SMILES string of the molecule is COc1cc(C=NNC(=O)C(=O)NN=Cc2cc(OC)c(OC)c(OC)c2)cc(OC)c1OC. The number of hydrazone groups is 2. The number of benzene rings is 2. The number of nitrogens with one attached hydrogen (secondary N) is 2. The Labute approximate surface area is 196 Å². The highest BCUT2D eigenvalue weighted by molar-refractivity contribution is 6.35. The molecular weight excluding hydrogens is 448 g/mol. The normalized spacial score (nSPS) is 10.6. The van der Waals surface area contributed by atoms with E-state index < -0.39 is 11.8 Å². The van der Waals surface area contributed by atoms with Crippen molar-refractivity contribution in [2.45, 2.75) is 0 Å². The van der Waals surface area contributed by atoms with Gasteiger partial charge in [0.15, 0.2) is 23.0 Å². The van der Waals surface area contributed by atoms with Gasteiger partial charge in [-0.3, -0.25) is 9.59 Å². The molecule has 0 spiro atoms. The molecule has 2 aromatic carbocycles. The minimum atomic E-state index is -1.02. The Balaban J connectivity index is 2.02. The molecule has 0 bridgehead atoms. The van der Waals surface area contributed by atoms with Crippen LogP contribution >= 0.6 is 0 Å². The summed E-state index contributed by atoms with van der Waals surface area (Å²) in [7, 11) is 8.87. The molecule has 2 aromatic rings. The first-order chi connectivity index (χ1) is 16.4. The predicted octanol–water partition coefficient (Wildman–Crippen LogP) is 1.34. The molecule has 12 nitrogen and oxygen atoms in total. The first-order valence-electron chi connectivity index (χ1n) is 9.68. The summed E-state index contributed by atoms with van der Waals surface area (Å²) >= 11 is 0. The molecule has 0 aliphatic rings. The van der Waals surface area contributed by atoms with Crippen molar-refractivity contribution in [3.8, 4) is 34.5 Å². The first kappa shape index (κ1) is 25.8. The van der Waals surface area contributed by atoms with Crippen molar-refractivity contribution in [3.05, 3.63) is 35.4 Å². The molecule has 0 fully saturated rings. The summed E-state index contributed by atoms with van der Waals surface area (Å²) < 4.78 is 31.5. The highest BCUT2D eigenvalue weighted by Gasteiger charge is 2.15. The van der Waals surface area contributed by atoms with Crippen LogP contribution in [0.4, 0.5) is 0 Å². The molecule has 0 unspecified atom stereocenters. The van der Waals surface area contributed by atoms with Crippen molar-refractivity contribution in [1.29, 1.82) is 0 Å². The van der Waals surface area contributed by atoms with Crippen LogP contribution < -0.4 is 39.3 Å². The fourth-order valence-corrected chi connectivity index (χ4v) is 2.78. The Morgan fingerprint density at radius 2 is 0.882 bits per heavy atom. The third kappa shape index (κ3) is 6.28. The number of hydrogen-bond acceptors (Lipinski definition) is 10. The highest BCUT2D eigenvalue weighted by Crippen LogP contribution is 2.38. The van der Waals surface area contributed by atoms with Crippen molar-refractivity contribution >= 4 is 24.2 Å². The minimum absolute atomic E-state index is 0.411. The van der Waals surface area contributed by atoms with E-state index in [0.717, 1.165) is 0 Å². The molecule has 2 rings (SSSR count). The highest BCUT2D eigenvalue weighted by atomic mass is 16.5. The number of methoxy groups -OCH3 is 6. The summed E-state index contributed by atoms with van der Waals surface area (Å²) in [5.74, 6) is 0.423. The van der Waals surface area contributed by atoms with Crippen LogP contribution in [0.1, 0.15) is 11.1 Å². The molecule has 12 heteroatoms. The summed E-state index contributed by atoms with van der Waals surface area (Å²) in [6, 6.07) is 6.50. The van der Waals surface area contributed by atoms with Crippen LogP contribution in [-0.2, 0) is 9.59 Å². The number of carbonyl (C=O) groups excluding carboxylic acids is 2. The van der Waals surface area contributed by atoms with Gasteiger partial charge in [0.1, 0.15) is 0 Å². The Bertz CT molecular complexity index is 949. The Hall–Kier alpha value is -4.48. The average molecular weight is 474 g/mol. The van der Waals surface area contributed by atoms with Gasteiger partial charge in [-0.25, -0.2) is 10.9 Å². The standard InChI is InChI=1S/C22H26N4O8/c1-29-15-7-13(8-16(30-2)19(15)33-5)11-23-25-21(27)22(28)26-24-12-14-9-17(31-3)20(34-6)18(10-14)32-4/h7-12H,1-6H3,(H,25,27)(H,26,28). The monoisotopic (exact) mass is 474 g/mol. The van der Waals surface area contributed by atoms with E-state index >= 15 is 0 Å². The number of nitrogens with zero attached hydrogens (tertiary/aromatic N) is 2. The predicted molar refractivity (Wildman–Crippen MR) is 124 cm³/mol. The molecule has 2 N–H and O–H groups in total. The molecule has 0 aliphatic carbocycles. The zero-order valence-corrected chi connectivity index (χ0v) is 19.6. The van der Waals surface area contributed by atoms with E-state index in [1.54, 1.807) is 24.3 Å². The van der Waals surface area contributed by atoms with Gasteiger partial charge in [0.05, 0.1) is 55.1 Å². The lowest BCUT2D eigenvalue weighted by Gasteiger charge is -2.12. The summed E-state index contributed by atoms with van der Waals surface area (Å²) in [6.07, 6.45) is 2.63. The Kier molecular flexibility index (Phi) is 9.50. The summed E-state index contributed by atoms with van der Waals surface area (Å²) in [5.41, 5.74) is 5.29. The van der Waals surface area contributed by atoms with Crippen molar-refractivity contribution in [2.75, 3.05) is 42.7 Å². The molecule has 0 heterocycles. The van der Waals surface area contributed by atoms with Gasteiger partial charge in [-0.2, -0.15) is 10.2 Å².